The largest absolute Gasteiger partial charge is 0.508 e. The number of carbonyl (C=O) groups is 5. The highest BCUT2D eigenvalue weighted by molar-refractivity contribution is 6.01. The highest BCUT2D eigenvalue weighted by Crippen LogP contribution is 2.67. The van der Waals surface area contributed by atoms with Crippen molar-refractivity contribution in [3.63, 3.8) is 0 Å². The van der Waals surface area contributed by atoms with Crippen LogP contribution in [0.3, 0.4) is 0 Å². The van der Waals surface area contributed by atoms with Crippen molar-refractivity contribution in [2.75, 3.05) is 6.61 Å². The lowest BCUT2D eigenvalue weighted by Gasteiger charge is -2.59. The molecular weight excluding hydrogens is 620 g/mol. The van der Waals surface area contributed by atoms with E-state index in [1.807, 2.05) is 13.0 Å². The van der Waals surface area contributed by atoms with Crippen molar-refractivity contribution in [1.29, 1.82) is 0 Å². The molecule has 3 saturated carbocycles. The van der Waals surface area contributed by atoms with Gasteiger partial charge in [-0.1, -0.05) is 25.5 Å². The Kier molecular flexibility index (Phi) is 8.61. The zero-order valence-corrected chi connectivity index (χ0v) is 27.0. The van der Waals surface area contributed by atoms with E-state index in [2.05, 4.69) is 17.2 Å². The molecule has 0 aliphatic heterocycles. The van der Waals surface area contributed by atoms with Crippen LogP contribution in [-0.4, -0.2) is 79.2 Å². The predicted octanol–water partition coefficient (Wildman–Crippen LogP) is 2.89. The van der Waals surface area contributed by atoms with E-state index in [9.17, 15) is 44.4 Å². The molecule has 0 spiro atoms. The minimum atomic E-state index is -1.81. The number of allylic oxidation sites excluding steroid dienone is 4. The summed E-state index contributed by atoms with van der Waals surface area (Å²) in [5.41, 5.74) is -0.952. The molecule has 2 aromatic rings. The second-order valence-corrected chi connectivity index (χ2v) is 14.4. The van der Waals surface area contributed by atoms with Gasteiger partial charge in [-0.2, -0.15) is 0 Å². The summed E-state index contributed by atoms with van der Waals surface area (Å²) < 4.78 is 5.20. The number of rotatable bonds is 10. The van der Waals surface area contributed by atoms with E-state index in [4.69, 9.17) is 4.74 Å². The molecule has 8 atom stereocenters. The Balaban J connectivity index is 1.03. The molecule has 12 heteroatoms. The Bertz CT molecular complexity index is 1740. The topological polar surface area (TPSA) is 203 Å². The number of amides is 1. The number of aromatic hydroxyl groups is 1. The number of aliphatic hydroxyl groups excluding tert-OH is 1. The van der Waals surface area contributed by atoms with Gasteiger partial charge in [0, 0.05) is 46.7 Å². The number of phenolic OH excluding ortho intramolecular Hbond substituents is 1. The van der Waals surface area contributed by atoms with E-state index in [0.29, 0.717) is 29.3 Å². The summed E-state index contributed by atoms with van der Waals surface area (Å²) in [6, 6.07) is 3.35. The SMILES string of the molecule is C[C@]12C=CC(=O)C=C1CC[C@@H]1[C@H]2[C@@H](O)C[C@@]2(C)[C@@H]1CC[C@]2(O)C(=O)COC(=O)CCC(=O)N[C@@H](Cc1c[nH]c2ccc(O)cc12)C(=O)O. The van der Waals surface area contributed by atoms with E-state index in [-0.39, 0.29) is 55.0 Å². The number of carboxylic acids is 1. The van der Waals surface area contributed by atoms with Crippen LogP contribution in [0.25, 0.3) is 10.9 Å². The number of H-pyrrole nitrogens is 1. The van der Waals surface area contributed by atoms with E-state index < -0.39 is 65.2 Å². The van der Waals surface area contributed by atoms with E-state index in [1.54, 1.807) is 24.4 Å². The molecule has 1 aromatic carbocycles. The Labute approximate surface area is 277 Å². The Morgan fingerprint density at radius 2 is 1.92 bits per heavy atom. The molecule has 0 saturated heterocycles. The first kappa shape index (κ1) is 33.6. The van der Waals surface area contributed by atoms with Gasteiger partial charge in [-0.05, 0) is 79.9 Å². The number of carbonyl (C=O) groups excluding carboxylic acids is 4. The zero-order valence-electron chi connectivity index (χ0n) is 27.0. The molecule has 3 fully saturated rings. The number of carboxylic acid groups (broad SMARTS) is 1. The molecule has 1 heterocycles. The molecule has 6 N–H and O–H groups in total. The molecule has 4 aliphatic carbocycles. The molecule has 0 radical (unpaired) electrons. The third-order valence-corrected chi connectivity index (χ3v) is 11.8. The van der Waals surface area contributed by atoms with Gasteiger partial charge >= 0.3 is 11.9 Å². The average Bonchev–Trinajstić information content (AvgIpc) is 3.55. The maximum absolute atomic E-state index is 13.5. The van der Waals surface area contributed by atoms with Crippen molar-refractivity contribution in [3.05, 3.63) is 53.8 Å². The molecule has 6 rings (SSSR count). The molecule has 0 unspecified atom stereocenters. The fraction of sp³-hybridized carbons (Fsp3) is 0.528. The lowest BCUT2D eigenvalue weighted by atomic mass is 9.46. The Morgan fingerprint density at radius 1 is 1.15 bits per heavy atom. The van der Waals surface area contributed by atoms with Crippen molar-refractivity contribution in [3.8, 4) is 5.75 Å². The van der Waals surface area contributed by atoms with Crippen molar-refractivity contribution in [2.24, 2.45) is 28.6 Å². The van der Waals surface area contributed by atoms with Crippen LogP contribution in [0.4, 0.5) is 0 Å². The average molecular weight is 663 g/mol. The zero-order chi connectivity index (χ0) is 34.6. The van der Waals surface area contributed by atoms with Gasteiger partial charge in [-0.3, -0.25) is 19.2 Å². The van der Waals surface area contributed by atoms with Gasteiger partial charge in [-0.15, -0.1) is 0 Å². The molecule has 12 nitrogen and oxygen atoms in total. The van der Waals surface area contributed by atoms with Gasteiger partial charge in [-0.25, -0.2) is 4.79 Å². The molecule has 48 heavy (non-hydrogen) atoms. The van der Waals surface area contributed by atoms with Crippen molar-refractivity contribution < 1.29 is 49.1 Å². The minimum Gasteiger partial charge on any atom is -0.508 e. The molecule has 256 valence electrons. The number of fused-ring (bicyclic) bond motifs is 6. The smallest absolute Gasteiger partial charge is 0.326 e. The first-order valence-corrected chi connectivity index (χ1v) is 16.5. The normalized spacial score (nSPS) is 32.8. The predicted molar refractivity (Wildman–Crippen MR) is 171 cm³/mol. The van der Waals surface area contributed by atoms with Crippen molar-refractivity contribution in [2.45, 2.75) is 83.0 Å². The fourth-order valence-electron chi connectivity index (χ4n) is 9.36. The van der Waals surface area contributed by atoms with Gasteiger partial charge < -0.3 is 35.5 Å². The first-order valence-electron chi connectivity index (χ1n) is 16.5. The third-order valence-electron chi connectivity index (χ3n) is 11.8. The van der Waals surface area contributed by atoms with Crippen LogP contribution in [0.2, 0.25) is 0 Å². The highest BCUT2D eigenvalue weighted by Gasteiger charge is 2.68. The fourth-order valence-corrected chi connectivity index (χ4v) is 9.36. The van der Waals surface area contributed by atoms with Crippen LogP contribution in [-0.2, 0) is 35.1 Å². The lowest BCUT2D eigenvalue weighted by molar-refractivity contribution is -0.181. The number of phenols is 1. The van der Waals surface area contributed by atoms with Crippen LogP contribution in [0, 0.1) is 28.6 Å². The Morgan fingerprint density at radius 3 is 2.67 bits per heavy atom. The number of aromatic nitrogens is 1. The number of ketones is 2. The number of benzene rings is 1. The van der Waals surface area contributed by atoms with Gasteiger partial charge in [0.2, 0.25) is 11.7 Å². The van der Waals surface area contributed by atoms with Crippen LogP contribution in [0.1, 0.15) is 64.4 Å². The highest BCUT2D eigenvalue weighted by atomic mass is 16.5. The second kappa shape index (κ2) is 12.3. The number of aliphatic carboxylic acids is 1. The number of esters is 1. The van der Waals surface area contributed by atoms with Crippen LogP contribution >= 0.6 is 0 Å². The molecular formula is C36H42N2O10. The third kappa shape index (κ3) is 5.64. The summed E-state index contributed by atoms with van der Waals surface area (Å²) in [4.78, 5) is 65.6. The molecule has 0 bridgehead atoms. The van der Waals surface area contributed by atoms with Gasteiger partial charge in [0.25, 0.3) is 0 Å². The number of hydrogen-bond donors (Lipinski definition) is 6. The summed E-state index contributed by atoms with van der Waals surface area (Å²) in [6.07, 6.45) is 7.43. The summed E-state index contributed by atoms with van der Waals surface area (Å²) in [6.45, 7) is 3.19. The number of ether oxygens (including phenoxy) is 1. The molecule has 1 amide bonds. The number of aliphatic hydroxyl groups is 2. The number of nitrogens with one attached hydrogen (secondary N) is 2. The molecule has 1 aromatic heterocycles. The Hall–Kier alpha value is -4.29. The van der Waals surface area contributed by atoms with Crippen LogP contribution in [0.15, 0.2) is 48.2 Å². The van der Waals surface area contributed by atoms with Crippen molar-refractivity contribution in [1.82, 2.24) is 10.3 Å². The first-order chi connectivity index (χ1) is 22.7. The number of Topliss-reactive ketones (excluding diaryl/α,β-unsaturated/α-hetero) is 1. The number of aromatic amines is 1. The number of hydrogen-bond acceptors (Lipinski definition) is 9. The summed E-state index contributed by atoms with van der Waals surface area (Å²) >= 11 is 0. The van der Waals surface area contributed by atoms with E-state index in [1.165, 1.54) is 12.1 Å². The summed E-state index contributed by atoms with van der Waals surface area (Å²) in [7, 11) is 0. The van der Waals surface area contributed by atoms with Gasteiger partial charge in [0.05, 0.1) is 12.5 Å². The van der Waals surface area contributed by atoms with E-state index in [0.717, 1.165) is 12.0 Å². The van der Waals surface area contributed by atoms with Crippen molar-refractivity contribution >= 4 is 40.3 Å². The van der Waals surface area contributed by atoms with Crippen LogP contribution < -0.4 is 5.32 Å². The summed E-state index contributed by atoms with van der Waals surface area (Å²) in [5, 5.41) is 45.9. The minimum absolute atomic E-state index is 0.0153. The molecule has 4 aliphatic rings. The van der Waals surface area contributed by atoms with Gasteiger partial charge in [0.15, 0.2) is 12.4 Å². The summed E-state index contributed by atoms with van der Waals surface area (Å²) in [5.74, 6) is -3.69. The van der Waals surface area contributed by atoms with Gasteiger partial charge in [0.1, 0.15) is 17.4 Å². The van der Waals surface area contributed by atoms with E-state index >= 15 is 0 Å². The maximum atomic E-state index is 13.5. The maximum Gasteiger partial charge on any atom is 0.326 e. The second-order valence-electron chi connectivity index (χ2n) is 14.4. The van der Waals surface area contributed by atoms with Crippen LogP contribution in [0.5, 0.6) is 5.75 Å². The monoisotopic (exact) mass is 662 g/mol. The quantitative estimate of drug-likeness (QED) is 0.205. The standard InChI is InChI=1S/C36H42N2O10/c1-34-11-9-22(40)14-20(34)3-5-23-25-10-12-36(47,35(25,2)16-28(41)32(23)34)29(42)18-48-31(44)8-7-30(43)38-27(33(45)46)13-19-17-37-26-6-4-21(39)15-24(19)26/h4,6,9,11,14-15,17,23,25,27-28,32,37,39,41,47H,3,5,7-8,10,12-13,16,18H2,1-2H3,(H,38,43)(H,45,46)/t23-,25+,27-,28-,32-,34-,35-,36-/m0/s1. The lowest BCUT2D eigenvalue weighted by Crippen LogP contribution is -2.61.